The molecule has 0 saturated carbocycles. The summed E-state index contributed by atoms with van der Waals surface area (Å²) in [7, 11) is 0. The third-order valence-electron chi connectivity index (χ3n) is 3.53. The number of pyridine rings is 1. The van der Waals surface area contributed by atoms with E-state index in [9.17, 15) is 0 Å². The standard InChI is InChI=1S/C17H22N2/c1-12-8-9-13(2)16(11-12)14(3)19-15(4)17-7-5-6-10-18-17/h5-11,14-15,19H,1-4H3/t14?,15-/m1/s1. The van der Waals surface area contributed by atoms with Crippen LogP contribution in [-0.4, -0.2) is 4.98 Å². The summed E-state index contributed by atoms with van der Waals surface area (Å²) in [5.74, 6) is 0. The maximum Gasteiger partial charge on any atom is 0.0570 e. The highest BCUT2D eigenvalue weighted by Gasteiger charge is 2.13. The Morgan fingerprint density at radius 2 is 1.79 bits per heavy atom. The van der Waals surface area contributed by atoms with E-state index in [0.29, 0.717) is 6.04 Å². The molecule has 0 spiro atoms. The molecule has 100 valence electrons. The predicted octanol–water partition coefficient (Wildman–Crippen LogP) is 4.11. The molecule has 1 unspecified atom stereocenters. The van der Waals surface area contributed by atoms with Gasteiger partial charge in [-0.3, -0.25) is 4.98 Å². The number of hydrogen-bond donors (Lipinski definition) is 1. The van der Waals surface area contributed by atoms with Gasteiger partial charge in [-0.15, -0.1) is 0 Å². The fourth-order valence-electron chi connectivity index (χ4n) is 2.41. The zero-order chi connectivity index (χ0) is 13.8. The van der Waals surface area contributed by atoms with Gasteiger partial charge in [0.15, 0.2) is 0 Å². The molecule has 1 heterocycles. The van der Waals surface area contributed by atoms with E-state index in [2.05, 4.69) is 62.3 Å². The number of aromatic nitrogens is 1. The molecule has 0 aliphatic carbocycles. The normalized spacial score (nSPS) is 14.1. The van der Waals surface area contributed by atoms with Crippen molar-refractivity contribution in [2.45, 2.75) is 39.8 Å². The number of aryl methyl sites for hydroxylation is 2. The Morgan fingerprint density at radius 1 is 1.00 bits per heavy atom. The summed E-state index contributed by atoms with van der Waals surface area (Å²) in [6, 6.07) is 13.2. The molecule has 2 nitrogen and oxygen atoms in total. The van der Waals surface area contributed by atoms with Crippen molar-refractivity contribution in [3.05, 3.63) is 65.0 Å². The van der Waals surface area contributed by atoms with Crippen molar-refractivity contribution in [2.75, 3.05) is 0 Å². The molecule has 0 aliphatic heterocycles. The van der Waals surface area contributed by atoms with Crippen molar-refractivity contribution in [1.82, 2.24) is 10.3 Å². The summed E-state index contributed by atoms with van der Waals surface area (Å²) < 4.78 is 0. The molecule has 1 N–H and O–H groups in total. The van der Waals surface area contributed by atoms with Crippen LogP contribution in [0.2, 0.25) is 0 Å². The second-order valence-electron chi connectivity index (χ2n) is 5.22. The van der Waals surface area contributed by atoms with Gasteiger partial charge in [0.1, 0.15) is 0 Å². The van der Waals surface area contributed by atoms with Crippen molar-refractivity contribution in [2.24, 2.45) is 0 Å². The van der Waals surface area contributed by atoms with E-state index >= 15 is 0 Å². The van der Waals surface area contributed by atoms with Crippen molar-refractivity contribution < 1.29 is 0 Å². The predicted molar refractivity (Wildman–Crippen MR) is 80.1 cm³/mol. The average Bonchev–Trinajstić information content (AvgIpc) is 2.42. The molecule has 2 rings (SSSR count). The zero-order valence-corrected chi connectivity index (χ0v) is 12.1. The molecule has 2 heteroatoms. The van der Waals surface area contributed by atoms with Gasteiger partial charge in [-0.25, -0.2) is 0 Å². The minimum Gasteiger partial charge on any atom is -0.302 e. The molecule has 0 amide bonds. The van der Waals surface area contributed by atoms with Gasteiger partial charge < -0.3 is 5.32 Å². The Balaban J connectivity index is 2.13. The molecule has 0 fully saturated rings. The van der Waals surface area contributed by atoms with Gasteiger partial charge in [-0.1, -0.05) is 29.8 Å². The lowest BCUT2D eigenvalue weighted by atomic mass is 9.99. The summed E-state index contributed by atoms with van der Waals surface area (Å²) in [6.45, 7) is 8.67. The summed E-state index contributed by atoms with van der Waals surface area (Å²) >= 11 is 0. The minimum atomic E-state index is 0.246. The average molecular weight is 254 g/mol. The molecule has 1 aromatic heterocycles. The second-order valence-corrected chi connectivity index (χ2v) is 5.22. The van der Waals surface area contributed by atoms with Crippen LogP contribution in [0.15, 0.2) is 42.6 Å². The minimum absolute atomic E-state index is 0.246. The molecule has 19 heavy (non-hydrogen) atoms. The first-order chi connectivity index (χ1) is 9.08. The first kappa shape index (κ1) is 13.8. The number of benzene rings is 1. The highest BCUT2D eigenvalue weighted by molar-refractivity contribution is 5.32. The second kappa shape index (κ2) is 5.98. The smallest absolute Gasteiger partial charge is 0.0570 e. The highest BCUT2D eigenvalue weighted by atomic mass is 15.0. The van der Waals surface area contributed by atoms with Crippen LogP contribution in [-0.2, 0) is 0 Å². The van der Waals surface area contributed by atoms with Gasteiger partial charge in [0.2, 0.25) is 0 Å². The topological polar surface area (TPSA) is 24.9 Å². The van der Waals surface area contributed by atoms with E-state index in [1.807, 2.05) is 18.3 Å². The molecule has 2 aromatic rings. The van der Waals surface area contributed by atoms with Gasteiger partial charge >= 0.3 is 0 Å². The quantitative estimate of drug-likeness (QED) is 0.888. The first-order valence-electron chi connectivity index (χ1n) is 6.82. The van der Waals surface area contributed by atoms with E-state index in [1.54, 1.807) is 0 Å². The molecule has 0 aliphatic rings. The summed E-state index contributed by atoms with van der Waals surface area (Å²) in [6.07, 6.45) is 1.84. The number of hydrogen-bond acceptors (Lipinski definition) is 2. The molecule has 0 saturated heterocycles. The molecular formula is C17H22N2. The van der Waals surface area contributed by atoms with Crippen molar-refractivity contribution in [3.8, 4) is 0 Å². The first-order valence-corrected chi connectivity index (χ1v) is 6.82. The van der Waals surface area contributed by atoms with E-state index in [-0.39, 0.29) is 6.04 Å². The van der Waals surface area contributed by atoms with Crippen molar-refractivity contribution >= 4 is 0 Å². The Kier molecular flexibility index (Phi) is 4.33. The number of nitrogens with zero attached hydrogens (tertiary/aromatic N) is 1. The number of rotatable bonds is 4. The molecule has 0 bridgehead atoms. The van der Waals surface area contributed by atoms with Crippen LogP contribution in [0.25, 0.3) is 0 Å². The van der Waals surface area contributed by atoms with Crippen LogP contribution >= 0.6 is 0 Å². The lowest BCUT2D eigenvalue weighted by Gasteiger charge is -2.22. The highest BCUT2D eigenvalue weighted by Crippen LogP contribution is 2.22. The molecule has 2 atom stereocenters. The summed E-state index contributed by atoms with van der Waals surface area (Å²) in [5.41, 5.74) is 5.08. The lowest BCUT2D eigenvalue weighted by molar-refractivity contribution is 0.485. The van der Waals surface area contributed by atoms with Gasteiger partial charge in [-0.05, 0) is 51.0 Å². The van der Waals surface area contributed by atoms with E-state index in [4.69, 9.17) is 0 Å². The van der Waals surface area contributed by atoms with E-state index in [0.717, 1.165) is 5.69 Å². The third-order valence-corrected chi connectivity index (χ3v) is 3.53. The largest absolute Gasteiger partial charge is 0.302 e. The fraction of sp³-hybridized carbons (Fsp3) is 0.353. The van der Waals surface area contributed by atoms with Crippen molar-refractivity contribution in [1.29, 1.82) is 0 Å². The van der Waals surface area contributed by atoms with Gasteiger partial charge in [0, 0.05) is 18.3 Å². The summed E-state index contributed by atoms with van der Waals surface area (Å²) in [5, 5.41) is 3.62. The van der Waals surface area contributed by atoms with E-state index in [1.165, 1.54) is 16.7 Å². The van der Waals surface area contributed by atoms with Crippen LogP contribution < -0.4 is 5.32 Å². The third kappa shape index (κ3) is 3.42. The Morgan fingerprint density at radius 3 is 2.47 bits per heavy atom. The maximum atomic E-state index is 4.40. The van der Waals surface area contributed by atoms with Gasteiger partial charge in [0.05, 0.1) is 5.69 Å². The van der Waals surface area contributed by atoms with Gasteiger partial charge in [-0.2, -0.15) is 0 Å². The molecular weight excluding hydrogens is 232 g/mol. The van der Waals surface area contributed by atoms with Gasteiger partial charge in [0.25, 0.3) is 0 Å². The fourth-order valence-corrected chi connectivity index (χ4v) is 2.41. The maximum absolute atomic E-state index is 4.40. The van der Waals surface area contributed by atoms with E-state index < -0.39 is 0 Å². The van der Waals surface area contributed by atoms with Crippen LogP contribution in [0.4, 0.5) is 0 Å². The van der Waals surface area contributed by atoms with Crippen LogP contribution in [0.1, 0.15) is 48.3 Å². The SMILES string of the molecule is Cc1ccc(C)c(C(C)N[C@H](C)c2ccccn2)c1. The summed E-state index contributed by atoms with van der Waals surface area (Å²) in [4.78, 5) is 4.40. The van der Waals surface area contributed by atoms with Crippen LogP contribution in [0, 0.1) is 13.8 Å². The zero-order valence-electron chi connectivity index (χ0n) is 12.1. The molecule has 0 radical (unpaired) electrons. The lowest BCUT2D eigenvalue weighted by Crippen LogP contribution is -2.23. The monoisotopic (exact) mass is 254 g/mol. The Labute approximate surface area is 115 Å². The van der Waals surface area contributed by atoms with Crippen LogP contribution in [0.5, 0.6) is 0 Å². The van der Waals surface area contributed by atoms with Crippen molar-refractivity contribution in [3.63, 3.8) is 0 Å². The number of nitrogens with one attached hydrogen (secondary N) is 1. The van der Waals surface area contributed by atoms with Crippen LogP contribution in [0.3, 0.4) is 0 Å². The Bertz CT molecular complexity index is 534. The Hall–Kier alpha value is -1.67. The molecule has 1 aromatic carbocycles.